The van der Waals surface area contributed by atoms with Gasteiger partial charge in [-0.2, -0.15) is 8.78 Å². The summed E-state index contributed by atoms with van der Waals surface area (Å²) in [6.45, 7) is -1.39. The zero-order valence-corrected chi connectivity index (χ0v) is 18.6. The number of hydrogen-bond acceptors (Lipinski definition) is 8. The molecule has 0 unspecified atom stereocenters. The summed E-state index contributed by atoms with van der Waals surface area (Å²) >= 11 is 0. The number of amides is 1. The van der Waals surface area contributed by atoms with Crippen molar-refractivity contribution >= 4 is 11.9 Å². The number of nitrogens with zero attached hydrogens (tertiary/aromatic N) is 3. The van der Waals surface area contributed by atoms with Gasteiger partial charge in [0.1, 0.15) is 17.2 Å². The zero-order valence-electron chi connectivity index (χ0n) is 18.6. The Hall–Kier alpha value is -3.25. The number of alkyl halides is 2. The first-order chi connectivity index (χ1) is 16.5. The van der Waals surface area contributed by atoms with Crippen molar-refractivity contribution in [3.63, 3.8) is 0 Å². The van der Waals surface area contributed by atoms with E-state index in [4.69, 9.17) is 14.2 Å². The summed E-state index contributed by atoms with van der Waals surface area (Å²) in [5, 5.41) is 21.5. The number of hydrogen-bond donors (Lipinski definition) is 2. The van der Waals surface area contributed by atoms with E-state index in [1.165, 1.54) is 24.1 Å². The lowest BCUT2D eigenvalue weighted by Gasteiger charge is -2.32. The van der Waals surface area contributed by atoms with Gasteiger partial charge in [-0.25, -0.2) is 4.79 Å². The Morgan fingerprint density at radius 2 is 2.21 bits per heavy atom. The van der Waals surface area contributed by atoms with Crippen molar-refractivity contribution in [2.24, 2.45) is 0 Å². The number of rotatable bonds is 8. The van der Waals surface area contributed by atoms with E-state index >= 15 is 0 Å². The molecular weight excluding hydrogens is 454 g/mol. The van der Waals surface area contributed by atoms with Crippen LogP contribution in [0.1, 0.15) is 24.0 Å². The Morgan fingerprint density at radius 1 is 1.35 bits per heavy atom. The predicted molar refractivity (Wildman–Crippen MR) is 116 cm³/mol. The second-order valence-electron chi connectivity index (χ2n) is 7.96. The van der Waals surface area contributed by atoms with Gasteiger partial charge in [-0.3, -0.25) is 0 Å². The molecule has 0 bridgehead atoms. The first-order valence-corrected chi connectivity index (χ1v) is 10.9. The van der Waals surface area contributed by atoms with Gasteiger partial charge >= 0.3 is 12.7 Å². The lowest BCUT2D eigenvalue weighted by molar-refractivity contribution is -0.0500. The molecule has 1 aromatic carbocycles. The average molecular weight is 480 g/mol. The summed E-state index contributed by atoms with van der Waals surface area (Å²) in [5.41, 5.74) is 2.84. The van der Waals surface area contributed by atoms with Crippen LogP contribution in [0.5, 0.6) is 11.5 Å². The van der Waals surface area contributed by atoms with E-state index in [-0.39, 0.29) is 24.3 Å². The number of likely N-dealkylation sites (tertiary alicyclic amines) is 1. The van der Waals surface area contributed by atoms with E-state index in [1.54, 1.807) is 6.07 Å². The highest BCUT2D eigenvalue weighted by Crippen LogP contribution is 2.38. The summed E-state index contributed by atoms with van der Waals surface area (Å²) in [7, 11) is 1.45. The molecule has 2 aliphatic rings. The third kappa shape index (κ3) is 5.45. The molecule has 1 amide bonds. The van der Waals surface area contributed by atoms with Crippen molar-refractivity contribution < 1.29 is 37.6 Å². The van der Waals surface area contributed by atoms with Crippen LogP contribution in [0, 0.1) is 0 Å². The van der Waals surface area contributed by atoms with Crippen LogP contribution in [-0.2, 0) is 22.5 Å². The highest BCUT2D eigenvalue weighted by molar-refractivity contribution is 5.74. The van der Waals surface area contributed by atoms with E-state index in [1.807, 2.05) is 0 Å². The van der Waals surface area contributed by atoms with Crippen molar-refractivity contribution in [3.8, 4) is 22.8 Å². The average Bonchev–Trinajstić information content (AvgIpc) is 2.83. The maximum absolute atomic E-state index is 12.7. The van der Waals surface area contributed by atoms with Crippen LogP contribution in [0.4, 0.5) is 19.4 Å². The molecular formula is C22H26F2N4O6. The molecule has 2 aliphatic heterocycles. The molecule has 1 aromatic heterocycles. The van der Waals surface area contributed by atoms with E-state index in [0.717, 1.165) is 24.0 Å². The molecule has 1 fully saturated rings. The van der Waals surface area contributed by atoms with E-state index in [0.29, 0.717) is 49.8 Å². The molecule has 0 aliphatic carbocycles. The Balaban J connectivity index is 1.66. The quantitative estimate of drug-likeness (QED) is 0.549. The largest absolute Gasteiger partial charge is 0.467 e. The molecule has 12 heteroatoms. The fourth-order valence-corrected chi connectivity index (χ4v) is 4.19. The molecule has 4 rings (SSSR count). The molecule has 0 radical (unpaired) electrons. The molecule has 1 atom stereocenters. The third-order valence-electron chi connectivity index (χ3n) is 5.73. The number of carboxylic acid groups (broad SMARTS) is 1. The summed E-state index contributed by atoms with van der Waals surface area (Å²) in [6, 6.07) is 4.29. The minimum Gasteiger partial charge on any atom is -0.467 e. The monoisotopic (exact) mass is 480 g/mol. The summed E-state index contributed by atoms with van der Waals surface area (Å²) in [5.74, 6) is 0.773. The van der Waals surface area contributed by atoms with Crippen LogP contribution in [0.2, 0.25) is 0 Å². The SMILES string of the molecule is COCOc1cc(OC(F)F)ccc1-c1nnc(N[C@@H]2CCCN(C(=O)O)C2)c2c1CCOC2. The number of piperidine rings is 1. The topological polar surface area (TPSA) is 115 Å². The normalized spacial score (nSPS) is 17.9. The number of anilines is 1. The van der Waals surface area contributed by atoms with Crippen molar-refractivity contribution in [1.29, 1.82) is 0 Å². The van der Waals surface area contributed by atoms with E-state index in [9.17, 15) is 18.7 Å². The molecule has 2 N–H and O–H groups in total. The highest BCUT2D eigenvalue weighted by Gasteiger charge is 2.27. The number of fused-ring (bicyclic) bond motifs is 1. The Bertz CT molecular complexity index is 1030. The molecule has 3 heterocycles. The van der Waals surface area contributed by atoms with Gasteiger partial charge in [-0.05, 0) is 37.0 Å². The van der Waals surface area contributed by atoms with E-state index < -0.39 is 12.7 Å². The van der Waals surface area contributed by atoms with Crippen LogP contribution in [0.15, 0.2) is 18.2 Å². The van der Waals surface area contributed by atoms with Gasteiger partial charge in [0.15, 0.2) is 12.6 Å². The molecule has 0 spiro atoms. The maximum atomic E-state index is 12.7. The Labute approximate surface area is 194 Å². The number of carbonyl (C=O) groups is 1. The minimum atomic E-state index is -2.96. The van der Waals surface area contributed by atoms with Gasteiger partial charge in [-0.1, -0.05) is 0 Å². The molecule has 0 saturated carbocycles. The van der Waals surface area contributed by atoms with Crippen LogP contribution < -0.4 is 14.8 Å². The number of ether oxygens (including phenoxy) is 4. The summed E-state index contributed by atoms with van der Waals surface area (Å²) < 4.78 is 46.1. The summed E-state index contributed by atoms with van der Waals surface area (Å²) in [4.78, 5) is 12.7. The second kappa shape index (κ2) is 10.8. The first kappa shape index (κ1) is 23.9. The van der Waals surface area contributed by atoms with Gasteiger partial charge in [-0.15, -0.1) is 10.2 Å². The highest BCUT2D eigenvalue weighted by atomic mass is 19.3. The first-order valence-electron chi connectivity index (χ1n) is 10.9. The number of benzene rings is 1. The Kier molecular flexibility index (Phi) is 7.58. The lowest BCUT2D eigenvalue weighted by atomic mass is 9.97. The third-order valence-corrected chi connectivity index (χ3v) is 5.73. The molecule has 2 aromatic rings. The van der Waals surface area contributed by atoms with Gasteiger partial charge in [0, 0.05) is 43.4 Å². The van der Waals surface area contributed by atoms with Crippen molar-refractivity contribution in [2.45, 2.75) is 38.5 Å². The number of methoxy groups -OCH3 is 1. The summed E-state index contributed by atoms with van der Waals surface area (Å²) in [6.07, 6.45) is 1.19. The smallest absolute Gasteiger partial charge is 0.407 e. The fraction of sp³-hybridized carbons (Fsp3) is 0.500. The number of nitrogens with one attached hydrogen (secondary N) is 1. The van der Waals surface area contributed by atoms with Crippen molar-refractivity contribution in [3.05, 3.63) is 29.3 Å². The molecule has 184 valence electrons. The predicted octanol–water partition coefficient (Wildman–Crippen LogP) is 3.35. The maximum Gasteiger partial charge on any atom is 0.407 e. The Morgan fingerprint density at radius 3 is 2.97 bits per heavy atom. The van der Waals surface area contributed by atoms with Crippen molar-refractivity contribution in [2.75, 3.05) is 38.9 Å². The van der Waals surface area contributed by atoms with Gasteiger partial charge in [0.2, 0.25) is 0 Å². The van der Waals surface area contributed by atoms with Crippen molar-refractivity contribution in [1.82, 2.24) is 15.1 Å². The van der Waals surface area contributed by atoms with Gasteiger partial charge in [0.05, 0.1) is 13.2 Å². The van der Waals surface area contributed by atoms with Crippen LogP contribution >= 0.6 is 0 Å². The van der Waals surface area contributed by atoms with Gasteiger partial charge in [0.25, 0.3) is 0 Å². The van der Waals surface area contributed by atoms with Crippen LogP contribution in [-0.4, -0.2) is 72.5 Å². The lowest BCUT2D eigenvalue weighted by Crippen LogP contribution is -2.44. The minimum absolute atomic E-state index is 0.0476. The molecule has 1 saturated heterocycles. The van der Waals surface area contributed by atoms with Crippen LogP contribution in [0.25, 0.3) is 11.3 Å². The zero-order chi connectivity index (χ0) is 24.1. The second-order valence-corrected chi connectivity index (χ2v) is 7.96. The molecule has 10 nitrogen and oxygen atoms in total. The van der Waals surface area contributed by atoms with E-state index in [2.05, 4.69) is 20.3 Å². The number of aromatic nitrogens is 2. The van der Waals surface area contributed by atoms with Crippen LogP contribution in [0.3, 0.4) is 0 Å². The fourth-order valence-electron chi connectivity index (χ4n) is 4.19. The molecule has 34 heavy (non-hydrogen) atoms. The standard InChI is InChI=1S/C22H26F2N4O6/c1-31-12-33-18-9-14(34-21(23)24)4-5-16(18)19-15-6-8-32-11-17(15)20(27-26-19)25-13-3-2-7-28(10-13)22(29)30/h4-5,9,13,21H,2-3,6-8,10-12H2,1H3,(H,25,27)(H,29,30)/t13-/m1/s1. The number of halogens is 2. The van der Waals surface area contributed by atoms with Gasteiger partial charge < -0.3 is 34.3 Å².